The molecule has 5 nitrogen and oxygen atoms in total. The summed E-state index contributed by atoms with van der Waals surface area (Å²) in [6, 6.07) is 15.1. The SMILES string of the molecule is CN(CCc1ccccc1)C(=O)CC[C@H]1CN(Cc2cccnc2)CC[C@H]1N(C)C. The lowest BCUT2D eigenvalue weighted by Gasteiger charge is -2.41. The molecule has 0 N–H and O–H groups in total. The second kappa shape index (κ2) is 11.2. The summed E-state index contributed by atoms with van der Waals surface area (Å²) in [6.45, 7) is 3.85. The summed E-state index contributed by atoms with van der Waals surface area (Å²) in [6.07, 6.45) is 7.41. The minimum absolute atomic E-state index is 0.257. The number of hydrogen-bond donors (Lipinski definition) is 0. The number of nitrogens with zero attached hydrogens (tertiary/aromatic N) is 4. The van der Waals surface area contributed by atoms with E-state index in [9.17, 15) is 4.79 Å². The Morgan fingerprint density at radius 1 is 1.10 bits per heavy atom. The van der Waals surface area contributed by atoms with Gasteiger partial charge in [0.15, 0.2) is 0 Å². The van der Waals surface area contributed by atoms with E-state index in [1.807, 2.05) is 36.5 Å². The number of carbonyl (C=O) groups excluding carboxylic acids is 1. The zero-order valence-corrected chi connectivity index (χ0v) is 18.7. The van der Waals surface area contributed by atoms with E-state index in [-0.39, 0.29) is 5.91 Å². The van der Waals surface area contributed by atoms with E-state index < -0.39 is 0 Å². The van der Waals surface area contributed by atoms with E-state index in [0.717, 1.165) is 45.4 Å². The molecule has 0 saturated carbocycles. The van der Waals surface area contributed by atoms with Gasteiger partial charge in [0.1, 0.15) is 0 Å². The third-order valence-electron chi connectivity index (χ3n) is 6.30. The summed E-state index contributed by atoms with van der Waals surface area (Å²) < 4.78 is 0. The molecule has 162 valence electrons. The second-order valence-corrected chi connectivity index (χ2v) is 8.77. The summed E-state index contributed by atoms with van der Waals surface area (Å²) in [5.41, 5.74) is 2.54. The number of benzene rings is 1. The van der Waals surface area contributed by atoms with Gasteiger partial charge < -0.3 is 9.80 Å². The Balaban J connectivity index is 1.50. The lowest BCUT2D eigenvalue weighted by molar-refractivity contribution is -0.130. The maximum Gasteiger partial charge on any atom is 0.222 e. The molecule has 0 bridgehead atoms. The van der Waals surface area contributed by atoms with Crippen LogP contribution in [-0.4, -0.2) is 72.4 Å². The average molecular weight is 409 g/mol. The van der Waals surface area contributed by atoms with Crippen LogP contribution in [0.5, 0.6) is 0 Å². The highest BCUT2D eigenvalue weighted by molar-refractivity contribution is 5.75. The predicted molar refractivity (Wildman–Crippen MR) is 122 cm³/mol. The standard InChI is InChI=1S/C25H36N4O/c1-27(2)24-14-17-29(19-22-10-7-15-26-18-22)20-23(24)11-12-25(30)28(3)16-13-21-8-5-4-6-9-21/h4-10,15,18,23-24H,11-14,16-17,19-20H2,1-3H3/t23-,24+/m0/s1. The van der Waals surface area contributed by atoms with E-state index in [1.54, 1.807) is 0 Å². The molecule has 1 saturated heterocycles. The fourth-order valence-corrected chi connectivity index (χ4v) is 4.52. The van der Waals surface area contributed by atoms with Crippen molar-refractivity contribution < 1.29 is 4.79 Å². The summed E-state index contributed by atoms with van der Waals surface area (Å²) >= 11 is 0. The van der Waals surface area contributed by atoms with Gasteiger partial charge in [-0.15, -0.1) is 0 Å². The van der Waals surface area contributed by atoms with Gasteiger partial charge >= 0.3 is 0 Å². The largest absolute Gasteiger partial charge is 0.345 e. The Hall–Kier alpha value is -2.24. The molecule has 1 aromatic carbocycles. The smallest absolute Gasteiger partial charge is 0.222 e. The van der Waals surface area contributed by atoms with Crippen molar-refractivity contribution >= 4 is 5.91 Å². The van der Waals surface area contributed by atoms with Crippen LogP contribution in [0, 0.1) is 5.92 Å². The van der Waals surface area contributed by atoms with Crippen molar-refractivity contribution in [3.05, 3.63) is 66.0 Å². The highest BCUT2D eigenvalue weighted by atomic mass is 16.2. The fourth-order valence-electron chi connectivity index (χ4n) is 4.52. The van der Waals surface area contributed by atoms with Crippen LogP contribution in [-0.2, 0) is 17.8 Å². The summed E-state index contributed by atoms with van der Waals surface area (Å²) in [7, 11) is 6.27. The predicted octanol–water partition coefficient (Wildman–Crippen LogP) is 3.32. The van der Waals surface area contributed by atoms with Crippen molar-refractivity contribution in [3.63, 3.8) is 0 Å². The van der Waals surface area contributed by atoms with Crippen molar-refractivity contribution in [1.82, 2.24) is 19.7 Å². The van der Waals surface area contributed by atoms with Gasteiger partial charge in [0.05, 0.1) is 0 Å². The number of likely N-dealkylation sites (N-methyl/N-ethyl adjacent to an activating group) is 1. The Labute approximate surface area is 181 Å². The number of piperidine rings is 1. The number of hydrogen-bond acceptors (Lipinski definition) is 4. The van der Waals surface area contributed by atoms with E-state index in [1.165, 1.54) is 11.1 Å². The van der Waals surface area contributed by atoms with Crippen molar-refractivity contribution in [2.75, 3.05) is 40.8 Å². The average Bonchev–Trinajstić information content (AvgIpc) is 2.77. The van der Waals surface area contributed by atoms with Crippen LogP contribution in [0.4, 0.5) is 0 Å². The molecular formula is C25H36N4O. The van der Waals surface area contributed by atoms with Gasteiger partial charge in [-0.3, -0.25) is 14.7 Å². The highest BCUT2D eigenvalue weighted by Crippen LogP contribution is 2.26. The van der Waals surface area contributed by atoms with Crippen molar-refractivity contribution in [2.45, 2.75) is 38.3 Å². The van der Waals surface area contributed by atoms with Crippen LogP contribution in [0.1, 0.15) is 30.4 Å². The maximum atomic E-state index is 12.7. The van der Waals surface area contributed by atoms with Crippen LogP contribution < -0.4 is 0 Å². The van der Waals surface area contributed by atoms with Crippen molar-refractivity contribution in [1.29, 1.82) is 0 Å². The minimum Gasteiger partial charge on any atom is -0.345 e. The molecule has 1 aliphatic heterocycles. The summed E-state index contributed by atoms with van der Waals surface area (Å²) in [4.78, 5) is 23.8. The molecule has 3 rings (SSSR count). The van der Waals surface area contributed by atoms with Crippen molar-refractivity contribution in [2.24, 2.45) is 5.92 Å². The Morgan fingerprint density at radius 2 is 1.87 bits per heavy atom. The molecule has 1 aliphatic rings. The second-order valence-electron chi connectivity index (χ2n) is 8.77. The Kier molecular flexibility index (Phi) is 8.40. The van der Waals surface area contributed by atoms with E-state index in [4.69, 9.17) is 0 Å². The molecule has 2 aromatic rings. The van der Waals surface area contributed by atoms with Gasteiger partial charge in [0, 0.05) is 51.5 Å². The first-order valence-corrected chi connectivity index (χ1v) is 11.1. The van der Waals surface area contributed by atoms with Crippen LogP contribution in [0.3, 0.4) is 0 Å². The molecule has 0 spiro atoms. The molecule has 5 heteroatoms. The van der Waals surface area contributed by atoms with Gasteiger partial charge in [-0.25, -0.2) is 0 Å². The minimum atomic E-state index is 0.257. The molecule has 30 heavy (non-hydrogen) atoms. The first-order valence-electron chi connectivity index (χ1n) is 11.1. The van der Waals surface area contributed by atoms with Crippen LogP contribution >= 0.6 is 0 Å². The van der Waals surface area contributed by atoms with Gasteiger partial charge in [-0.1, -0.05) is 36.4 Å². The lowest BCUT2D eigenvalue weighted by atomic mass is 9.87. The fraction of sp³-hybridized carbons (Fsp3) is 0.520. The van der Waals surface area contributed by atoms with Gasteiger partial charge in [-0.2, -0.15) is 0 Å². The third kappa shape index (κ3) is 6.64. The number of aromatic nitrogens is 1. The molecule has 0 aliphatic carbocycles. The quantitative estimate of drug-likeness (QED) is 0.638. The molecule has 1 aromatic heterocycles. The third-order valence-corrected chi connectivity index (χ3v) is 6.30. The number of likely N-dealkylation sites (tertiary alicyclic amines) is 1. The van der Waals surface area contributed by atoms with Crippen molar-refractivity contribution in [3.8, 4) is 0 Å². The maximum absolute atomic E-state index is 12.7. The Bertz CT molecular complexity index is 765. The van der Waals surface area contributed by atoms with E-state index in [0.29, 0.717) is 18.4 Å². The monoisotopic (exact) mass is 408 g/mol. The van der Waals surface area contributed by atoms with Crippen LogP contribution in [0.15, 0.2) is 54.9 Å². The highest BCUT2D eigenvalue weighted by Gasteiger charge is 2.31. The zero-order valence-electron chi connectivity index (χ0n) is 18.7. The molecule has 2 heterocycles. The van der Waals surface area contributed by atoms with Crippen LogP contribution in [0.25, 0.3) is 0 Å². The number of amides is 1. The molecular weight excluding hydrogens is 372 g/mol. The van der Waals surface area contributed by atoms with Gasteiger partial charge in [0.25, 0.3) is 0 Å². The molecule has 1 amide bonds. The molecule has 2 atom stereocenters. The number of rotatable bonds is 9. The topological polar surface area (TPSA) is 39.7 Å². The number of pyridine rings is 1. The lowest BCUT2D eigenvalue weighted by Crippen LogP contribution is -2.48. The normalized spacial score (nSPS) is 19.7. The first kappa shape index (κ1) is 22.4. The summed E-state index contributed by atoms with van der Waals surface area (Å²) in [5.74, 6) is 0.768. The zero-order chi connectivity index (χ0) is 21.3. The van der Waals surface area contributed by atoms with Crippen LogP contribution in [0.2, 0.25) is 0 Å². The summed E-state index contributed by atoms with van der Waals surface area (Å²) in [5, 5.41) is 0. The van der Waals surface area contributed by atoms with Gasteiger partial charge in [0.2, 0.25) is 5.91 Å². The Morgan fingerprint density at radius 3 is 2.57 bits per heavy atom. The van der Waals surface area contributed by atoms with Gasteiger partial charge in [-0.05, 0) is 63.0 Å². The molecule has 1 fully saturated rings. The number of carbonyl (C=O) groups is 1. The molecule has 0 radical (unpaired) electrons. The molecule has 0 unspecified atom stereocenters. The first-order chi connectivity index (χ1) is 14.5. The van der Waals surface area contributed by atoms with E-state index >= 15 is 0 Å². The van der Waals surface area contributed by atoms with E-state index in [2.05, 4.69) is 59.2 Å².